The zero-order chi connectivity index (χ0) is 13.8. The number of amides is 1. The lowest BCUT2D eigenvalue weighted by Gasteiger charge is -2.04. The first-order valence-corrected chi connectivity index (χ1v) is 6.09. The molecule has 2 N–H and O–H groups in total. The smallest absolute Gasteiger partial charge is 0.273 e. The van der Waals surface area contributed by atoms with E-state index in [1.807, 2.05) is 6.07 Å². The van der Waals surface area contributed by atoms with Crippen LogP contribution in [-0.2, 0) is 0 Å². The van der Waals surface area contributed by atoms with Crippen LogP contribution in [0.4, 0.5) is 0 Å². The number of para-hydroxylation sites is 1. The Morgan fingerprint density at radius 1 is 1.53 bits per heavy atom. The molecule has 1 amide bonds. The maximum Gasteiger partial charge on any atom is 0.273 e. The van der Waals surface area contributed by atoms with Gasteiger partial charge in [-0.05, 0) is 19.1 Å². The average molecular weight is 281 g/mol. The minimum atomic E-state index is -0.609. The highest BCUT2D eigenvalue weighted by molar-refractivity contribution is 6.32. The Hall–Kier alpha value is -1.92. The van der Waals surface area contributed by atoms with Gasteiger partial charge in [0.25, 0.3) is 5.91 Å². The minimum Gasteiger partial charge on any atom is -0.392 e. The van der Waals surface area contributed by atoms with E-state index in [1.165, 1.54) is 10.9 Å². The van der Waals surface area contributed by atoms with Gasteiger partial charge in [0.2, 0.25) is 0 Å². The standard InChI is InChI=1S/C12H13ClN4O2/c1-8(18)6-14-12(19)10-7-17(16-15-10)11-5-3-2-4-9(11)13/h2-5,7-8,18H,6H2,1H3,(H,14,19). The van der Waals surface area contributed by atoms with Crippen molar-refractivity contribution in [2.24, 2.45) is 0 Å². The fourth-order valence-electron chi connectivity index (χ4n) is 1.45. The topological polar surface area (TPSA) is 80.0 Å². The molecule has 0 radical (unpaired) electrons. The third-order valence-electron chi connectivity index (χ3n) is 2.38. The molecule has 1 unspecified atom stereocenters. The predicted octanol–water partition coefficient (Wildman–Crippen LogP) is 1.03. The summed E-state index contributed by atoms with van der Waals surface area (Å²) in [5, 5.41) is 19.8. The van der Waals surface area contributed by atoms with Crippen LogP contribution in [0.25, 0.3) is 5.69 Å². The van der Waals surface area contributed by atoms with E-state index in [-0.39, 0.29) is 18.1 Å². The van der Waals surface area contributed by atoms with E-state index >= 15 is 0 Å². The first kappa shape index (κ1) is 13.5. The van der Waals surface area contributed by atoms with Gasteiger partial charge in [0.1, 0.15) is 0 Å². The second-order valence-corrected chi connectivity index (χ2v) is 4.47. The zero-order valence-corrected chi connectivity index (χ0v) is 11.0. The zero-order valence-electron chi connectivity index (χ0n) is 10.2. The largest absolute Gasteiger partial charge is 0.392 e. The van der Waals surface area contributed by atoms with Gasteiger partial charge in [-0.3, -0.25) is 4.79 Å². The molecule has 1 heterocycles. The molecule has 1 aromatic carbocycles. The highest BCUT2D eigenvalue weighted by Gasteiger charge is 2.12. The van der Waals surface area contributed by atoms with Crippen molar-refractivity contribution >= 4 is 17.5 Å². The summed E-state index contributed by atoms with van der Waals surface area (Å²) >= 11 is 6.03. The molecule has 2 rings (SSSR count). The highest BCUT2D eigenvalue weighted by Crippen LogP contribution is 2.18. The van der Waals surface area contributed by atoms with Crippen LogP contribution in [0.1, 0.15) is 17.4 Å². The number of aromatic nitrogens is 3. The molecule has 0 fully saturated rings. The Bertz CT molecular complexity index is 583. The van der Waals surface area contributed by atoms with Crippen LogP contribution in [0.3, 0.4) is 0 Å². The fourth-order valence-corrected chi connectivity index (χ4v) is 1.68. The molecule has 0 aliphatic carbocycles. The summed E-state index contributed by atoms with van der Waals surface area (Å²) in [6, 6.07) is 7.12. The third-order valence-corrected chi connectivity index (χ3v) is 2.70. The molecule has 0 spiro atoms. The number of carbonyl (C=O) groups is 1. The molecule has 19 heavy (non-hydrogen) atoms. The van der Waals surface area contributed by atoms with Gasteiger partial charge < -0.3 is 10.4 Å². The second kappa shape index (κ2) is 5.81. The summed E-state index contributed by atoms with van der Waals surface area (Å²) in [4.78, 5) is 11.7. The van der Waals surface area contributed by atoms with Gasteiger partial charge in [0, 0.05) is 6.54 Å². The van der Waals surface area contributed by atoms with Gasteiger partial charge in [0.05, 0.1) is 23.0 Å². The maximum atomic E-state index is 11.7. The normalized spacial score (nSPS) is 12.2. The van der Waals surface area contributed by atoms with Crippen LogP contribution < -0.4 is 5.32 Å². The summed E-state index contributed by atoms with van der Waals surface area (Å²) in [5.41, 5.74) is 0.812. The molecule has 0 bridgehead atoms. The molecular formula is C12H13ClN4O2. The Morgan fingerprint density at radius 3 is 2.95 bits per heavy atom. The number of aliphatic hydroxyl groups is 1. The molecule has 0 aliphatic rings. The van der Waals surface area contributed by atoms with Crippen molar-refractivity contribution in [2.45, 2.75) is 13.0 Å². The number of carbonyl (C=O) groups excluding carboxylic acids is 1. The first-order valence-electron chi connectivity index (χ1n) is 5.71. The van der Waals surface area contributed by atoms with Crippen LogP contribution in [0.5, 0.6) is 0 Å². The summed E-state index contributed by atoms with van der Waals surface area (Å²) in [6.07, 6.45) is 0.876. The highest BCUT2D eigenvalue weighted by atomic mass is 35.5. The molecule has 0 saturated heterocycles. The number of nitrogens with zero attached hydrogens (tertiary/aromatic N) is 3. The van der Waals surface area contributed by atoms with Gasteiger partial charge in [-0.15, -0.1) is 5.10 Å². The van der Waals surface area contributed by atoms with Crippen molar-refractivity contribution < 1.29 is 9.90 Å². The second-order valence-electron chi connectivity index (χ2n) is 4.06. The van der Waals surface area contributed by atoms with Crippen LogP contribution >= 0.6 is 11.6 Å². The average Bonchev–Trinajstić information content (AvgIpc) is 2.86. The lowest BCUT2D eigenvalue weighted by Crippen LogP contribution is -2.30. The number of halogens is 1. The molecule has 2 aromatic rings. The molecule has 6 nitrogen and oxygen atoms in total. The Kier molecular flexibility index (Phi) is 4.13. The molecule has 0 aliphatic heterocycles. The summed E-state index contributed by atoms with van der Waals surface area (Å²) in [7, 11) is 0. The van der Waals surface area contributed by atoms with E-state index in [2.05, 4.69) is 15.6 Å². The molecule has 100 valence electrons. The minimum absolute atomic E-state index is 0.164. The predicted molar refractivity (Wildman–Crippen MR) is 70.4 cm³/mol. The van der Waals surface area contributed by atoms with Crippen LogP contribution in [0.15, 0.2) is 30.5 Å². The van der Waals surface area contributed by atoms with E-state index in [1.54, 1.807) is 25.1 Å². The molecular weight excluding hydrogens is 268 g/mol. The summed E-state index contributed by atoms with van der Waals surface area (Å²) in [6.45, 7) is 1.75. The lowest BCUT2D eigenvalue weighted by atomic mass is 10.3. The quantitative estimate of drug-likeness (QED) is 0.877. The molecule has 1 atom stereocenters. The van der Waals surface area contributed by atoms with Crippen molar-refractivity contribution in [3.63, 3.8) is 0 Å². The Balaban J connectivity index is 2.15. The van der Waals surface area contributed by atoms with Gasteiger partial charge >= 0.3 is 0 Å². The number of rotatable bonds is 4. The van der Waals surface area contributed by atoms with Crippen molar-refractivity contribution in [3.05, 3.63) is 41.2 Å². The van der Waals surface area contributed by atoms with E-state index in [4.69, 9.17) is 16.7 Å². The SMILES string of the molecule is CC(O)CNC(=O)c1cn(-c2ccccc2Cl)nn1. The Morgan fingerprint density at radius 2 is 2.26 bits per heavy atom. The summed E-state index contributed by atoms with van der Waals surface area (Å²) < 4.78 is 1.43. The first-order chi connectivity index (χ1) is 9.08. The summed E-state index contributed by atoms with van der Waals surface area (Å²) in [5.74, 6) is -0.390. The van der Waals surface area contributed by atoms with E-state index in [0.717, 1.165) is 0 Å². The van der Waals surface area contributed by atoms with E-state index in [9.17, 15) is 4.79 Å². The van der Waals surface area contributed by atoms with Gasteiger partial charge in [-0.1, -0.05) is 28.9 Å². The number of hydrogen-bond acceptors (Lipinski definition) is 4. The number of aliphatic hydroxyl groups excluding tert-OH is 1. The molecule has 0 saturated carbocycles. The maximum absolute atomic E-state index is 11.7. The number of nitrogens with one attached hydrogen (secondary N) is 1. The lowest BCUT2D eigenvalue weighted by molar-refractivity contribution is 0.0919. The number of benzene rings is 1. The van der Waals surface area contributed by atoms with Crippen molar-refractivity contribution in [2.75, 3.05) is 6.54 Å². The molecule has 7 heteroatoms. The van der Waals surface area contributed by atoms with Gasteiger partial charge in [0.15, 0.2) is 5.69 Å². The fraction of sp³-hybridized carbons (Fsp3) is 0.250. The monoisotopic (exact) mass is 280 g/mol. The van der Waals surface area contributed by atoms with E-state index < -0.39 is 6.10 Å². The van der Waals surface area contributed by atoms with Crippen molar-refractivity contribution in [1.29, 1.82) is 0 Å². The Labute approximate surface area is 115 Å². The molecule has 1 aromatic heterocycles. The van der Waals surface area contributed by atoms with Crippen LogP contribution in [0, 0.1) is 0 Å². The van der Waals surface area contributed by atoms with Crippen LogP contribution in [-0.4, -0.2) is 38.7 Å². The van der Waals surface area contributed by atoms with Gasteiger partial charge in [-0.25, -0.2) is 4.68 Å². The van der Waals surface area contributed by atoms with Crippen molar-refractivity contribution in [1.82, 2.24) is 20.3 Å². The van der Waals surface area contributed by atoms with Crippen molar-refractivity contribution in [3.8, 4) is 5.69 Å². The number of hydrogen-bond donors (Lipinski definition) is 2. The van der Waals surface area contributed by atoms with E-state index in [0.29, 0.717) is 10.7 Å². The third kappa shape index (κ3) is 3.30. The van der Waals surface area contributed by atoms with Crippen LogP contribution in [0.2, 0.25) is 5.02 Å². The van der Waals surface area contributed by atoms with Gasteiger partial charge in [-0.2, -0.15) is 0 Å².